The molecule has 0 saturated heterocycles. The molecule has 0 aliphatic rings. The second-order valence-corrected chi connectivity index (χ2v) is 7.55. The van der Waals surface area contributed by atoms with Crippen molar-refractivity contribution in [3.8, 4) is 0 Å². The Kier molecular flexibility index (Phi) is 7.61. The maximum Gasteiger partial charge on any atom is 0.469 e. The Balaban J connectivity index is 2.12. The van der Waals surface area contributed by atoms with Crippen molar-refractivity contribution in [2.45, 2.75) is 52.4 Å². The fourth-order valence-electron chi connectivity index (χ4n) is 2.48. The van der Waals surface area contributed by atoms with Crippen LogP contribution in [0.4, 0.5) is 0 Å². The van der Waals surface area contributed by atoms with Crippen LogP contribution in [0.3, 0.4) is 0 Å². The number of hydrogen-bond donors (Lipinski definition) is 2. The van der Waals surface area contributed by atoms with Gasteiger partial charge in [0.2, 0.25) is 0 Å². The standard InChI is InChI=1S/C16H27O4P/c1-16(2,14-15-10-6-5-7-11-15)12-8-3-4-9-13-20-21(17,18)19/h5-7,10-11H,3-4,8-9,12-14H2,1-2H3,(H2,17,18,19). The van der Waals surface area contributed by atoms with Crippen molar-refractivity contribution in [1.82, 2.24) is 0 Å². The van der Waals surface area contributed by atoms with Crippen LogP contribution in [0.5, 0.6) is 0 Å². The van der Waals surface area contributed by atoms with Gasteiger partial charge in [-0.2, -0.15) is 0 Å². The lowest BCUT2D eigenvalue weighted by atomic mass is 9.81. The monoisotopic (exact) mass is 314 g/mol. The van der Waals surface area contributed by atoms with Gasteiger partial charge in [0.05, 0.1) is 6.61 Å². The molecule has 1 rings (SSSR count). The third kappa shape index (κ3) is 9.81. The molecule has 0 unspecified atom stereocenters. The molecule has 0 spiro atoms. The predicted molar refractivity (Wildman–Crippen MR) is 85.0 cm³/mol. The van der Waals surface area contributed by atoms with Crippen LogP contribution in [0.1, 0.15) is 51.5 Å². The molecule has 21 heavy (non-hydrogen) atoms. The van der Waals surface area contributed by atoms with E-state index in [4.69, 9.17) is 9.79 Å². The summed E-state index contributed by atoms with van der Waals surface area (Å²) in [6, 6.07) is 10.5. The van der Waals surface area contributed by atoms with Gasteiger partial charge in [-0.05, 0) is 30.2 Å². The maximum atomic E-state index is 10.5. The molecule has 0 aliphatic carbocycles. The minimum absolute atomic E-state index is 0.137. The molecule has 0 amide bonds. The van der Waals surface area contributed by atoms with E-state index in [-0.39, 0.29) is 12.0 Å². The van der Waals surface area contributed by atoms with Crippen LogP contribution in [0.2, 0.25) is 0 Å². The highest BCUT2D eigenvalue weighted by atomic mass is 31.2. The molecule has 0 heterocycles. The van der Waals surface area contributed by atoms with Gasteiger partial charge in [0, 0.05) is 0 Å². The zero-order chi connectivity index (χ0) is 15.8. The quantitative estimate of drug-likeness (QED) is 0.499. The SMILES string of the molecule is CC(C)(CCCCCCOP(=O)(O)O)Cc1ccccc1. The lowest BCUT2D eigenvalue weighted by molar-refractivity contribution is 0.193. The van der Waals surface area contributed by atoms with Crippen molar-refractivity contribution in [1.29, 1.82) is 0 Å². The Hall–Kier alpha value is -0.670. The second-order valence-electron chi connectivity index (χ2n) is 6.31. The van der Waals surface area contributed by atoms with Gasteiger partial charge in [0.1, 0.15) is 0 Å². The third-order valence-corrected chi connectivity index (χ3v) is 4.05. The van der Waals surface area contributed by atoms with Crippen molar-refractivity contribution in [2.24, 2.45) is 5.41 Å². The van der Waals surface area contributed by atoms with Crippen molar-refractivity contribution >= 4 is 7.82 Å². The van der Waals surface area contributed by atoms with E-state index in [1.54, 1.807) is 0 Å². The molecule has 0 radical (unpaired) electrons. The van der Waals surface area contributed by atoms with Gasteiger partial charge >= 0.3 is 7.82 Å². The van der Waals surface area contributed by atoms with Crippen molar-refractivity contribution in [3.05, 3.63) is 35.9 Å². The fourth-order valence-corrected chi connectivity index (χ4v) is 2.85. The van der Waals surface area contributed by atoms with Crippen molar-refractivity contribution in [2.75, 3.05) is 6.61 Å². The highest BCUT2D eigenvalue weighted by Crippen LogP contribution is 2.36. The first kappa shape index (κ1) is 18.4. The average molecular weight is 314 g/mol. The summed E-state index contributed by atoms with van der Waals surface area (Å²) in [7, 11) is -4.29. The molecule has 5 heteroatoms. The molecular formula is C16H27O4P. The largest absolute Gasteiger partial charge is 0.469 e. The van der Waals surface area contributed by atoms with Crippen LogP contribution in [0, 0.1) is 5.41 Å². The number of hydrogen-bond acceptors (Lipinski definition) is 2. The normalized spacial score (nSPS) is 12.6. The van der Waals surface area contributed by atoms with E-state index >= 15 is 0 Å². The van der Waals surface area contributed by atoms with E-state index < -0.39 is 7.82 Å². The van der Waals surface area contributed by atoms with Gasteiger partial charge in [0.15, 0.2) is 0 Å². The fraction of sp³-hybridized carbons (Fsp3) is 0.625. The zero-order valence-corrected chi connectivity index (χ0v) is 13.9. The lowest BCUT2D eigenvalue weighted by Crippen LogP contribution is -2.14. The Morgan fingerprint density at radius 3 is 2.29 bits per heavy atom. The molecule has 4 nitrogen and oxygen atoms in total. The van der Waals surface area contributed by atoms with E-state index in [2.05, 4.69) is 42.6 Å². The summed E-state index contributed by atoms with van der Waals surface area (Å²) in [6.07, 6.45) is 6.08. The summed E-state index contributed by atoms with van der Waals surface area (Å²) in [5.41, 5.74) is 1.65. The first-order valence-electron chi connectivity index (χ1n) is 7.53. The Morgan fingerprint density at radius 1 is 1.05 bits per heavy atom. The van der Waals surface area contributed by atoms with E-state index in [1.165, 1.54) is 5.56 Å². The van der Waals surface area contributed by atoms with E-state index in [0.29, 0.717) is 6.42 Å². The number of unbranched alkanes of at least 4 members (excludes halogenated alkanes) is 3. The molecule has 0 fully saturated rings. The minimum Gasteiger partial charge on any atom is -0.303 e. The van der Waals surface area contributed by atoms with Crippen LogP contribution in [0.25, 0.3) is 0 Å². The van der Waals surface area contributed by atoms with Gasteiger partial charge in [-0.15, -0.1) is 0 Å². The van der Waals surface area contributed by atoms with Gasteiger partial charge in [-0.3, -0.25) is 4.52 Å². The van der Waals surface area contributed by atoms with E-state index in [0.717, 1.165) is 32.1 Å². The minimum atomic E-state index is -4.29. The molecule has 1 aromatic carbocycles. The highest BCUT2D eigenvalue weighted by Gasteiger charge is 2.18. The number of rotatable bonds is 10. The van der Waals surface area contributed by atoms with Gasteiger partial charge in [0.25, 0.3) is 0 Å². The first-order chi connectivity index (χ1) is 9.79. The van der Waals surface area contributed by atoms with E-state index in [1.807, 2.05) is 6.07 Å². The van der Waals surface area contributed by atoms with Crippen LogP contribution in [-0.4, -0.2) is 16.4 Å². The number of phosphoric acid groups is 1. The van der Waals surface area contributed by atoms with Gasteiger partial charge in [-0.1, -0.05) is 63.4 Å². The average Bonchev–Trinajstić information content (AvgIpc) is 2.37. The Labute approximate surface area is 127 Å². The predicted octanol–water partition coefficient (Wildman–Crippen LogP) is 4.32. The molecule has 0 atom stereocenters. The summed E-state index contributed by atoms with van der Waals surface area (Å²) in [5, 5.41) is 0. The summed E-state index contributed by atoms with van der Waals surface area (Å²) < 4.78 is 14.9. The van der Waals surface area contributed by atoms with Crippen LogP contribution in [-0.2, 0) is 15.5 Å². The zero-order valence-electron chi connectivity index (χ0n) is 13.0. The third-order valence-electron chi connectivity index (χ3n) is 3.53. The lowest BCUT2D eigenvalue weighted by Gasteiger charge is -2.24. The molecule has 0 bridgehead atoms. The molecule has 120 valence electrons. The summed E-state index contributed by atoms with van der Waals surface area (Å²) in [6.45, 7) is 4.71. The van der Waals surface area contributed by atoms with Crippen molar-refractivity contribution in [3.63, 3.8) is 0 Å². The molecular weight excluding hydrogens is 287 g/mol. The summed E-state index contributed by atoms with van der Waals surface area (Å²) in [5.74, 6) is 0. The molecule has 2 N–H and O–H groups in total. The smallest absolute Gasteiger partial charge is 0.303 e. The maximum absolute atomic E-state index is 10.5. The van der Waals surface area contributed by atoms with Gasteiger partial charge < -0.3 is 9.79 Å². The second kappa shape index (κ2) is 8.70. The Morgan fingerprint density at radius 2 is 1.67 bits per heavy atom. The Bertz CT molecular complexity index is 439. The summed E-state index contributed by atoms with van der Waals surface area (Å²) >= 11 is 0. The highest BCUT2D eigenvalue weighted by molar-refractivity contribution is 7.46. The number of phosphoric ester groups is 1. The number of benzene rings is 1. The van der Waals surface area contributed by atoms with E-state index in [9.17, 15) is 4.57 Å². The molecule has 0 saturated carbocycles. The van der Waals surface area contributed by atoms with Crippen LogP contribution >= 0.6 is 7.82 Å². The van der Waals surface area contributed by atoms with Gasteiger partial charge in [-0.25, -0.2) is 4.57 Å². The molecule has 1 aromatic rings. The first-order valence-corrected chi connectivity index (χ1v) is 9.06. The van der Waals surface area contributed by atoms with Crippen LogP contribution < -0.4 is 0 Å². The molecule has 0 aromatic heterocycles. The topological polar surface area (TPSA) is 66.8 Å². The summed E-state index contributed by atoms with van der Waals surface area (Å²) in [4.78, 5) is 17.1. The van der Waals surface area contributed by atoms with Crippen LogP contribution in [0.15, 0.2) is 30.3 Å². The van der Waals surface area contributed by atoms with Crippen molar-refractivity contribution < 1.29 is 18.9 Å². The molecule has 0 aliphatic heterocycles.